The molecule has 33 heavy (non-hydrogen) atoms. The van der Waals surface area contributed by atoms with Gasteiger partial charge in [0.25, 0.3) is 0 Å². The van der Waals surface area contributed by atoms with Crippen molar-refractivity contribution in [1.29, 1.82) is 0 Å². The zero-order valence-corrected chi connectivity index (χ0v) is 17.2. The average Bonchev–Trinajstić information content (AvgIpc) is 2.68. The van der Waals surface area contributed by atoms with Gasteiger partial charge in [0.05, 0.1) is 5.02 Å². The van der Waals surface area contributed by atoms with E-state index in [2.05, 4.69) is 9.47 Å². The number of alkyl halides is 5. The lowest BCUT2D eigenvalue weighted by Crippen LogP contribution is -2.24. The van der Waals surface area contributed by atoms with E-state index < -0.39 is 58.2 Å². The van der Waals surface area contributed by atoms with Gasteiger partial charge >= 0.3 is 12.5 Å². The van der Waals surface area contributed by atoms with Gasteiger partial charge in [-0.15, -0.1) is 13.2 Å². The summed E-state index contributed by atoms with van der Waals surface area (Å²) in [7, 11) is 0. The molecule has 3 aromatic carbocycles. The Morgan fingerprint density at radius 3 is 2.00 bits per heavy atom. The van der Waals surface area contributed by atoms with Crippen LogP contribution in [0.25, 0.3) is 10.8 Å². The standard InChI is InChI=1S/C21H12ClF9O2/c1-2-3-9-4-5-10-6-12(17(25)18(26)15(10)16(9)22)20(27,28)32-11-7-13(23)19(14(24)8-11)33-21(29,30)31/h4-8H,2-3H2,1H3. The van der Waals surface area contributed by atoms with Crippen LogP contribution in [0.3, 0.4) is 0 Å². The number of halogens is 10. The zero-order valence-electron chi connectivity index (χ0n) is 16.4. The van der Waals surface area contributed by atoms with E-state index in [1.807, 2.05) is 6.92 Å². The molecule has 0 heterocycles. The summed E-state index contributed by atoms with van der Waals surface area (Å²) < 4.78 is 130. The molecule has 3 rings (SSSR count). The summed E-state index contributed by atoms with van der Waals surface area (Å²) >= 11 is 6.09. The van der Waals surface area contributed by atoms with Crippen LogP contribution in [0.15, 0.2) is 30.3 Å². The Labute approximate surface area is 185 Å². The first kappa shape index (κ1) is 24.8. The van der Waals surface area contributed by atoms with Crippen molar-refractivity contribution >= 4 is 22.4 Å². The van der Waals surface area contributed by atoms with E-state index >= 15 is 0 Å². The maximum Gasteiger partial charge on any atom is 0.573 e. The smallest absolute Gasteiger partial charge is 0.429 e. The lowest BCUT2D eigenvalue weighted by atomic mass is 10.0. The predicted molar refractivity (Wildman–Crippen MR) is 100 cm³/mol. The molecule has 0 saturated carbocycles. The van der Waals surface area contributed by atoms with Gasteiger partial charge in [-0.3, -0.25) is 0 Å². The van der Waals surface area contributed by atoms with Crippen molar-refractivity contribution in [1.82, 2.24) is 0 Å². The van der Waals surface area contributed by atoms with Crippen molar-refractivity contribution in [3.05, 3.63) is 69.8 Å². The van der Waals surface area contributed by atoms with Crippen molar-refractivity contribution in [2.75, 3.05) is 0 Å². The minimum absolute atomic E-state index is 0.0265. The van der Waals surface area contributed by atoms with Crippen LogP contribution in [0.4, 0.5) is 39.5 Å². The summed E-state index contributed by atoms with van der Waals surface area (Å²) in [5.74, 6) is -11.0. The van der Waals surface area contributed by atoms with Gasteiger partial charge in [0, 0.05) is 17.5 Å². The lowest BCUT2D eigenvalue weighted by molar-refractivity contribution is -0.276. The molecule has 178 valence electrons. The number of benzene rings is 3. The van der Waals surface area contributed by atoms with Gasteiger partial charge in [-0.2, -0.15) is 8.78 Å². The number of ether oxygens (including phenoxy) is 2. The molecule has 0 aliphatic heterocycles. The molecule has 0 bridgehead atoms. The summed E-state index contributed by atoms with van der Waals surface area (Å²) in [4.78, 5) is 0. The Kier molecular flexibility index (Phi) is 6.65. The second kappa shape index (κ2) is 8.85. The van der Waals surface area contributed by atoms with E-state index in [-0.39, 0.29) is 22.5 Å². The first-order valence-corrected chi connectivity index (χ1v) is 9.54. The topological polar surface area (TPSA) is 18.5 Å². The van der Waals surface area contributed by atoms with E-state index in [0.29, 0.717) is 24.5 Å². The van der Waals surface area contributed by atoms with Crippen molar-refractivity contribution in [3.8, 4) is 11.5 Å². The third kappa shape index (κ3) is 5.07. The molecule has 0 amide bonds. The fourth-order valence-corrected chi connectivity index (χ4v) is 3.46. The van der Waals surface area contributed by atoms with Crippen LogP contribution < -0.4 is 9.47 Å². The maximum absolute atomic E-state index is 14.7. The molecule has 0 fully saturated rings. The number of fused-ring (bicyclic) bond motifs is 1. The fraction of sp³-hybridized carbons (Fsp3) is 0.238. The highest BCUT2D eigenvalue weighted by Gasteiger charge is 2.41. The molecule has 0 aliphatic rings. The van der Waals surface area contributed by atoms with Gasteiger partial charge in [-0.25, -0.2) is 17.6 Å². The number of rotatable bonds is 6. The number of aryl methyl sites for hydroxylation is 1. The Morgan fingerprint density at radius 2 is 1.45 bits per heavy atom. The Morgan fingerprint density at radius 1 is 0.848 bits per heavy atom. The average molecular weight is 503 g/mol. The minimum atomic E-state index is -5.46. The molecular weight excluding hydrogens is 491 g/mol. The summed E-state index contributed by atoms with van der Waals surface area (Å²) in [5, 5.41) is -0.806. The van der Waals surface area contributed by atoms with Crippen LogP contribution in [0.1, 0.15) is 24.5 Å². The van der Waals surface area contributed by atoms with Crippen molar-refractivity contribution < 1.29 is 49.0 Å². The van der Waals surface area contributed by atoms with Crippen molar-refractivity contribution in [2.24, 2.45) is 0 Å². The Bertz CT molecular complexity index is 1190. The van der Waals surface area contributed by atoms with Crippen LogP contribution in [-0.4, -0.2) is 6.36 Å². The van der Waals surface area contributed by atoms with E-state index in [9.17, 15) is 39.5 Å². The van der Waals surface area contributed by atoms with Crippen molar-refractivity contribution in [3.63, 3.8) is 0 Å². The molecule has 0 saturated heterocycles. The third-order valence-corrected chi connectivity index (χ3v) is 4.90. The molecule has 0 spiro atoms. The molecule has 2 nitrogen and oxygen atoms in total. The molecule has 3 aromatic rings. The van der Waals surface area contributed by atoms with Gasteiger partial charge in [0.1, 0.15) is 11.3 Å². The second-order valence-corrected chi connectivity index (χ2v) is 7.20. The quantitative estimate of drug-likeness (QED) is 0.318. The lowest BCUT2D eigenvalue weighted by Gasteiger charge is -2.21. The van der Waals surface area contributed by atoms with Gasteiger partial charge < -0.3 is 9.47 Å². The number of hydrogen-bond acceptors (Lipinski definition) is 2. The SMILES string of the molecule is CCCc1ccc2cc(C(F)(F)Oc3cc(F)c(OC(F)(F)F)c(F)c3)c(F)c(F)c2c1Cl. The van der Waals surface area contributed by atoms with Gasteiger partial charge in [0.15, 0.2) is 23.3 Å². The second-order valence-electron chi connectivity index (χ2n) is 6.82. The fourth-order valence-electron chi connectivity index (χ4n) is 3.11. The summed E-state index contributed by atoms with van der Waals surface area (Å²) in [6.45, 7) is 1.81. The molecular formula is C21H12ClF9O2. The maximum atomic E-state index is 14.7. The highest BCUT2D eigenvalue weighted by molar-refractivity contribution is 6.36. The minimum Gasteiger partial charge on any atom is -0.429 e. The normalized spacial score (nSPS) is 12.3. The van der Waals surface area contributed by atoms with E-state index in [1.54, 1.807) is 0 Å². The monoisotopic (exact) mass is 502 g/mol. The Balaban J connectivity index is 2.03. The number of hydrogen-bond donors (Lipinski definition) is 0. The molecule has 0 radical (unpaired) electrons. The van der Waals surface area contributed by atoms with Crippen LogP contribution in [0.2, 0.25) is 5.02 Å². The van der Waals surface area contributed by atoms with Crippen LogP contribution in [0, 0.1) is 23.3 Å². The molecule has 0 aliphatic carbocycles. The summed E-state index contributed by atoms with van der Waals surface area (Å²) in [6, 6.07) is 3.17. The highest BCUT2D eigenvalue weighted by atomic mass is 35.5. The molecule has 0 atom stereocenters. The first-order chi connectivity index (χ1) is 15.2. The molecule has 0 N–H and O–H groups in total. The summed E-state index contributed by atoms with van der Waals surface area (Å²) in [6.07, 6.45) is -9.10. The zero-order chi connectivity index (χ0) is 24.7. The first-order valence-electron chi connectivity index (χ1n) is 9.16. The third-order valence-electron chi connectivity index (χ3n) is 4.47. The van der Waals surface area contributed by atoms with Gasteiger partial charge in [-0.1, -0.05) is 37.1 Å². The summed E-state index contributed by atoms with van der Waals surface area (Å²) in [5.41, 5.74) is -1.16. The molecule has 12 heteroatoms. The van der Waals surface area contributed by atoms with E-state index in [1.165, 1.54) is 12.1 Å². The largest absolute Gasteiger partial charge is 0.573 e. The van der Waals surface area contributed by atoms with Crippen LogP contribution in [0.5, 0.6) is 11.5 Å². The van der Waals surface area contributed by atoms with Gasteiger partial charge in [-0.05, 0) is 23.4 Å². The predicted octanol–water partition coefficient (Wildman–Crippen LogP) is 8.03. The molecule has 0 unspecified atom stereocenters. The van der Waals surface area contributed by atoms with Crippen LogP contribution >= 0.6 is 11.6 Å². The molecule has 0 aromatic heterocycles. The van der Waals surface area contributed by atoms with E-state index in [0.717, 1.165) is 0 Å². The van der Waals surface area contributed by atoms with Gasteiger partial charge in [0.2, 0.25) is 5.75 Å². The van der Waals surface area contributed by atoms with Crippen molar-refractivity contribution in [2.45, 2.75) is 32.2 Å². The van der Waals surface area contributed by atoms with Crippen LogP contribution in [-0.2, 0) is 12.5 Å². The van der Waals surface area contributed by atoms with E-state index in [4.69, 9.17) is 11.6 Å². The Hall–Kier alpha value is -2.82. The highest BCUT2D eigenvalue weighted by Crippen LogP contribution is 2.40.